The zero-order valence-corrected chi connectivity index (χ0v) is 80.9. The van der Waals surface area contributed by atoms with Crippen molar-refractivity contribution in [3.05, 3.63) is 106 Å². The third kappa shape index (κ3) is 42.2. The number of phenols is 15. The number of carbonyl (C=O) groups is 6. The number of aromatic hydroxyl groups is 15. The van der Waals surface area contributed by atoms with Crippen molar-refractivity contribution in [3.63, 3.8) is 0 Å². The number of rotatable bonds is 76. The van der Waals surface area contributed by atoms with Gasteiger partial charge in [0.15, 0.2) is 80.5 Å². The van der Waals surface area contributed by atoms with Crippen LogP contribution in [0.3, 0.4) is 0 Å². The van der Waals surface area contributed by atoms with E-state index in [0.29, 0.717) is 43.5 Å². The van der Waals surface area contributed by atoms with E-state index in [9.17, 15) is 105 Å². The molecule has 0 saturated carbocycles. The lowest BCUT2D eigenvalue weighted by Crippen LogP contribution is -2.47. The van der Waals surface area contributed by atoms with Crippen LogP contribution < -0.4 is 14.2 Å². The molecule has 31 nitrogen and oxygen atoms in total. The van der Waals surface area contributed by atoms with E-state index < -0.39 is 219 Å². The Kier molecular flexibility index (Phi) is 53.8. The first-order valence-electron chi connectivity index (χ1n) is 50.0. The fourth-order valence-corrected chi connectivity index (χ4v) is 15.9. The van der Waals surface area contributed by atoms with E-state index in [0.717, 1.165) is 164 Å². The van der Waals surface area contributed by atoms with Crippen LogP contribution in [-0.4, -0.2) is 185 Å². The molecule has 0 unspecified atom stereocenters. The van der Waals surface area contributed by atoms with Crippen LogP contribution in [0.25, 0.3) is 0 Å². The van der Waals surface area contributed by atoms with Crippen molar-refractivity contribution in [1.82, 2.24) is 0 Å². The normalized spacial score (nSPS) is 11.5. The molecule has 6 aromatic rings. The minimum atomic E-state index is -2.39. The molecule has 0 aliphatic carbocycles. The molecular formula is C106H154O31. The highest BCUT2D eigenvalue weighted by atomic mass is 16.6. The molecule has 0 bridgehead atoms. The molecule has 0 aliphatic rings. The summed E-state index contributed by atoms with van der Waals surface area (Å²) in [5, 5.41) is 162. The van der Waals surface area contributed by atoms with Crippen LogP contribution in [0.1, 0.15) is 391 Å². The Morgan fingerprint density at radius 2 is 0.394 bits per heavy atom. The van der Waals surface area contributed by atoms with Crippen LogP contribution >= 0.6 is 0 Å². The van der Waals surface area contributed by atoms with Gasteiger partial charge in [-0.15, -0.1) is 0 Å². The number of esters is 6. The number of carbonyl (C=O) groups excluding carboxylic acids is 6. The molecule has 0 saturated heterocycles. The Labute approximate surface area is 806 Å². The Morgan fingerprint density at radius 3 is 0.613 bits per heavy atom. The average Bonchev–Trinajstić information content (AvgIpc) is 0.808. The minimum Gasteiger partial charge on any atom is -0.504 e. The third-order valence-corrected chi connectivity index (χ3v) is 24.5. The number of ether oxygens (including phenoxy) is 10. The standard InChI is InChI=1S/C106H154O31/c1-4-7-10-13-16-19-22-25-28-31-34-37-40-43-46-49-54-129-89-64-77(61-86(112)95(89)118)101(124)134-71-105(69-132-99(122)75-57-82(108)93(116)83(109)58-75,70-133-100(123)76-59-84(110)94(117)85(111)60-76)67-128-68-106(74-137-104(127)80-52-53-81(107)98(121)92(80)115,72-135-102(125)78-62-87(113)96(119)90(65-78)130-55-50-47-44-41-38-35-32-29-26-23-20-17-14-11-8-5-2)73-136-103(126)79-63-88(114)97(120)91(66-79)131-56-51-48-45-42-39-36-33-30-27-24-21-18-15-12-9-6-3/h52-53,57-66,107-121H,4-51,54-56,67-74H2,1-3H3. The van der Waals surface area contributed by atoms with Crippen LogP contribution in [0.4, 0.5) is 0 Å². The third-order valence-electron chi connectivity index (χ3n) is 24.5. The predicted octanol–water partition coefficient (Wildman–Crippen LogP) is 23.6. The zero-order chi connectivity index (χ0) is 99.6. The van der Waals surface area contributed by atoms with Crippen molar-refractivity contribution in [3.8, 4) is 103 Å². The van der Waals surface area contributed by atoms with Gasteiger partial charge in [0.2, 0.25) is 23.0 Å². The Bertz CT molecular complexity index is 4350. The van der Waals surface area contributed by atoms with Crippen molar-refractivity contribution >= 4 is 35.8 Å². The first-order chi connectivity index (χ1) is 66.1. The van der Waals surface area contributed by atoms with Crippen LogP contribution in [0, 0.1) is 10.8 Å². The highest BCUT2D eigenvalue weighted by molar-refractivity contribution is 5.95. The molecule has 0 atom stereocenters. The van der Waals surface area contributed by atoms with Crippen LogP contribution in [0.5, 0.6) is 103 Å². The molecule has 15 N–H and O–H groups in total. The van der Waals surface area contributed by atoms with Gasteiger partial charge in [-0.3, -0.25) is 0 Å². The molecule has 0 aliphatic heterocycles. The quantitative estimate of drug-likeness (QED) is 0.00730. The summed E-state index contributed by atoms with van der Waals surface area (Å²) in [4.78, 5) is 87.2. The van der Waals surface area contributed by atoms with Gasteiger partial charge in [0, 0.05) is 0 Å². The van der Waals surface area contributed by atoms with Crippen molar-refractivity contribution in [2.75, 3.05) is 72.7 Å². The maximum absolute atomic E-state index is 14.8. The molecule has 0 radical (unpaired) electrons. The molecule has 137 heavy (non-hydrogen) atoms. The highest BCUT2D eigenvalue weighted by Crippen LogP contribution is 2.44. The van der Waals surface area contributed by atoms with Crippen molar-refractivity contribution in [1.29, 1.82) is 0 Å². The molecule has 0 fully saturated rings. The maximum Gasteiger partial charge on any atom is 0.342 e. The second-order valence-corrected chi connectivity index (χ2v) is 36.5. The lowest BCUT2D eigenvalue weighted by atomic mass is 9.90. The zero-order valence-electron chi connectivity index (χ0n) is 80.9. The fourth-order valence-electron chi connectivity index (χ4n) is 15.9. The van der Waals surface area contributed by atoms with E-state index >= 15 is 0 Å². The summed E-state index contributed by atoms with van der Waals surface area (Å²) in [5.41, 5.74) is -8.23. The summed E-state index contributed by atoms with van der Waals surface area (Å²) >= 11 is 0. The smallest absolute Gasteiger partial charge is 0.342 e. The molecule has 0 spiro atoms. The molecule has 31 heteroatoms. The Balaban J connectivity index is 1.34. The summed E-state index contributed by atoms with van der Waals surface area (Å²) in [6, 6.07) is 10.2. The van der Waals surface area contributed by atoms with Gasteiger partial charge in [-0.25, -0.2) is 28.8 Å². The molecule has 6 aromatic carbocycles. The van der Waals surface area contributed by atoms with Crippen molar-refractivity contribution in [2.45, 2.75) is 329 Å². The summed E-state index contributed by atoms with van der Waals surface area (Å²) in [6.07, 6.45) is 53.4. The largest absolute Gasteiger partial charge is 0.504 e. The number of hydrogen-bond donors (Lipinski definition) is 15. The van der Waals surface area contributed by atoms with Gasteiger partial charge in [0.25, 0.3) is 0 Å². The first-order valence-corrected chi connectivity index (χ1v) is 50.0. The monoisotopic (exact) mass is 1920 g/mol. The summed E-state index contributed by atoms with van der Waals surface area (Å²) < 4.78 is 59.6. The summed E-state index contributed by atoms with van der Waals surface area (Å²) in [6.45, 7) is -2.33. The van der Waals surface area contributed by atoms with Gasteiger partial charge in [-0.05, 0) is 92.1 Å². The number of phenolic OH excluding ortho intramolecular Hbond substituents is 15. The second-order valence-electron chi connectivity index (χ2n) is 36.5. The minimum absolute atomic E-state index is 0.0299. The molecular weight excluding hydrogens is 1770 g/mol. The lowest BCUT2D eigenvalue weighted by Gasteiger charge is -2.35. The average molecular weight is 1920 g/mol. The van der Waals surface area contributed by atoms with E-state index in [2.05, 4.69) is 20.8 Å². The lowest BCUT2D eigenvalue weighted by molar-refractivity contribution is -0.112. The van der Waals surface area contributed by atoms with E-state index in [1.807, 2.05) is 0 Å². The maximum atomic E-state index is 14.8. The Morgan fingerprint density at radius 1 is 0.204 bits per heavy atom. The number of hydrogen-bond acceptors (Lipinski definition) is 31. The second kappa shape index (κ2) is 64.6. The highest BCUT2D eigenvalue weighted by Gasteiger charge is 2.43. The number of benzene rings is 6. The topological polar surface area (TPSA) is 498 Å². The van der Waals surface area contributed by atoms with Crippen molar-refractivity contribution in [2.24, 2.45) is 10.8 Å². The Hall–Kier alpha value is -11.5. The van der Waals surface area contributed by atoms with Gasteiger partial charge in [0.1, 0.15) is 45.2 Å². The first kappa shape index (κ1) is 114. The SMILES string of the molecule is CCCCCCCCCCCCCCCCCCOc1cc(C(=O)OCC(COCC(COC(=O)c2cc(O)c(O)c(OCCCCCCCCCCCCCCCCCC)c2)(COC(=O)c2cc(O)c(O)c(OCCCCCCCCCCCCCCCCCC)c2)COC(=O)c2ccc(O)c(O)c2O)(COC(=O)c2cc(O)c(O)c(O)c2)COC(=O)c2cc(O)c(O)c(O)c2)cc(O)c1O. The molecule has 0 aromatic heterocycles. The summed E-state index contributed by atoms with van der Waals surface area (Å²) in [7, 11) is 0. The van der Waals surface area contributed by atoms with Gasteiger partial charge in [-0.1, -0.05) is 310 Å². The fraction of sp³-hybridized carbons (Fsp3) is 0.604. The summed E-state index contributed by atoms with van der Waals surface area (Å²) in [5.74, 6) is -23.4. The van der Waals surface area contributed by atoms with Gasteiger partial charge in [-0.2, -0.15) is 0 Å². The number of unbranched alkanes of at least 4 members (excludes halogenated alkanes) is 45. The molecule has 0 heterocycles. The van der Waals surface area contributed by atoms with E-state index in [1.54, 1.807) is 0 Å². The molecule has 0 amide bonds. The molecule has 764 valence electrons. The van der Waals surface area contributed by atoms with Gasteiger partial charge < -0.3 is 124 Å². The van der Waals surface area contributed by atoms with Crippen molar-refractivity contribution < 1.29 is 153 Å². The van der Waals surface area contributed by atoms with Crippen LogP contribution in [0.2, 0.25) is 0 Å². The van der Waals surface area contributed by atoms with Gasteiger partial charge in [0.05, 0.1) is 71.7 Å². The van der Waals surface area contributed by atoms with E-state index in [4.69, 9.17) is 47.4 Å². The van der Waals surface area contributed by atoms with E-state index in [1.165, 1.54) is 173 Å². The van der Waals surface area contributed by atoms with Gasteiger partial charge >= 0.3 is 35.8 Å². The predicted molar refractivity (Wildman–Crippen MR) is 516 cm³/mol. The van der Waals surface area contributed by atoms with Crippen LogP contribution in [-0.2, 0) is 33.2 Å². The van der Waals surface area contributed by atoms with Crippen LogP contribution in [0.15, 0.2) is 72.8 Å². The molecule has 6 rings (SSSR count). The van der Waals surface area contributed by atoms with E-state index in [-0.39, 0.29) is 37.1 Å².